The standard InChI is InChI=1S/C20H14ClF3N4O3/c1-27-14-7-6-10(21)8-12(14)15(16(27)17(29)25-9-20(22,23)24)28-18(30)11-4-2-3-5-13(11)26-19(28)31/h2-8H,9H2,1H3,(H,25,29)(H,26,31). The summed E-state index contributed by atoms with van der Waals surface area (Å²) in [5.41, 5.74) is -1.33. The van der Waals surface area contributed by atoms with Crippen molar-refractivity contribution in [3.63, 3.8) is 0 Å². The van der Waals surface area contributed by atoms with Crippen LogP contribution >= 0.6 is 11.6 Å². The zero-order valence-corrected chi connectivity index (χ0v) is 16.6. The van der Waals surface area contributed by atoms with E-state index >= 15 is 0 Å². The van der Waals surface area contributed by atoms with Gasteiger partial charge in [-0.3, -0.25) is 9.59 Å². The quantitative estimate of drug-likeness (QED) is 0.502. The first-order chi connectivity index (χ1) is 14.6. The number of benzene rings is 2. The third-order valence-corrected chi connectivity index (χ3v) is 5.06. The van der Waals surface area contributed by atoms with Gasteiger partial charge in [0.2, 0.25) is 0 Å². The van der Waals surface area contributed by atoms with E-state index in [1.165, 1.54) is 29.8 Å². The summed E-state index contributed by atoms with van der Waals surface area (Å²) in [5, 5.41) is 2.48. The Morgan fingerprint density at radius 2 is 1.84 bits per heavy atom. The van der Waals surface area contributed by atoms with E-state index in [2.05, 4.69) is 4.98 Å². The fourth-order valence-corrected chi connectivity index (χ4v) is 3.69. The van der Waals surface area contributed by atoms with Gasteiger partial charge in [0.05, 0.1) is 22.1 Å². The molecule has 0 aliphatic heterocycles. The number of aryl methyl sites for hydroxylation is 1. The second-order valence-corrected chi connectivity index (χ2v) is 7.27. The molecule has 0 aliphatic carbocycles. The molecule has 0 radical (unpaired) electrons. The summed E-state index contributed by atoms with van der Waals surface area (Å²) >= 11 is 6.08. The zero-order valence-electron chi connectivity index (χ0n) is 15.9. The van der Waals surface area contributed by atoms with Crippen LogP contribution in [0.3, 0.4) is 0 Å². The van der Waals surface area contributed by atoms with Crippen molar-refractivity contribution >= 4 is 39.3 Å². The van der Waals surface area contributed by atoms with E-state index in [0.717, 1.165) is 4.57 Å². The normalized spacial score (nSPS) is 11.9. The number of alkyl halides is 3. The van der Waals surface area contributed by atoms with Gasteiger partial charge in [0.25, 0.3) is 11.5 Å². The molecule has 31 heavy (non-hydrogen) atoms. The molecular weight excluding hydrogens is 437 g/mol. The van der Waals surface area contributed by atoms with E-state index in [9.17, 15) is 27.6 Å². The van der Waals surface area contributed by atoms with Gasteiger partial charge in [0.15, 0.2) is 0 Å². The van der Waals surface area contributed by atoms with Crippen molar-refractivity contribution in [1.29, 1.82) is 0 Å². The van der Waals surface area contributed by atoms with Gasteiger partial charge >= 0.3 is 11.9 Å². The average molecular weight is 451 g/mol. The van der Waals surface area contributed by atoms with E-state index in [1.807, 2.05) is 0 Å². The largest absolute Gasteiger partial charge is 0.405 e. The number of carbonyl (C=O) groups excluding carboxylic acids is 1. The van der Waals surface area contributed by atoms with Crippen LogP contribution < -0.4 is 16.6 Å². The second-order valence-electron chi connectivity index (χ2n) is 6.83. The molecule has 1 amide bonds. The molecule has 0 aliphatic rings. The number of H-pyrrole nitrogens is 1. The smallest absolute Gasteiger partial charge is 0.342 e. The van der Waals surface area contributed by atoms with E-state index < -0.39 is 29.9 Å². The molecule has 2 N–H and O–H groups in total. The molecule has 0 unspecified atom stereocenters. The van der Waals surface area contributed by atoms with E-state index in [1.54, 1.807) is 29.6 Å². The molecule has 4 rings (SSSR count). The van der Waals surface area contributed by atoms with Crippen LogP contribution in [0.2, 0.25) is 5.02 Å². The summed E-state index contributed by atoms with van der Waals surface area (Å²) in [4.78, 5) is 41.3. The molecule has 11 heteroatoms. The number of rotatable bonds is 3. The third-order valence-electron chi connectivity index (χ3n) is 4.83. The van der Waals surface area contributed by atoms with Crippen molar-refractivity contribution in [1.82, 2.24) is 19.4 Å². The van der Waals surface area contributed by atoms with Crippen LogP contribution in [0, 0.1) is 0 Å². The maximum absolute atomic E-state index is 13.2. The highest BCUT2D eigenvalue weighted by Gasteiger charge is 2.31. The average Bonchev–Trinajstić information content (AvgIpc) is 2.97. The van der Waals surface area contributed by atoms with Crippen molar-refractivity contribution < 1.29 is 18.0 Å². The highest BCUT2D eigenvalue weighted by atomic mass is 35.5. The van der Waals surface area contributed by atoms with Gasteiger partial charge in [0.1, 0.15) is 12.2 Å². The lowest BCUT2D eigenvalue weighted by Gasteiger charge is -2.12. The maximum atomic E-state index is 13.2. The van der Waals surface area contributed by atoms with Crippen LogP contribution in [0.15, 0.2) is 52.1 Å². The number of halogens is 4. The van der Waals surface area contributed by atoms with Crippen LogP contribution in [-0.2, 0) is 7.05 Å². The first-order valence-corrected chi connectivity index (χ1v) is 9.33. The van der Waals surface area contributed by atoms with Crippen LogP contribution in [0.4, 0.5) is 13.2 Å². The van der Waals surface area contributed by atoms with Gasteiger partial charge in [-0.1, -0.05) is 23.7 Å². The van der Waals surface area contributed by atoms with Crippen molar-refractivity contribution in [3.05, 3.63) is 74.0 Å². The van der Waals surface area contributed by atoms with Crippen LogP contribution in [0.5, 0.6) is 0 Å². The first kappa shape index (κ1) is 20.7. The second kappa shape index (κ2) is 7.31. The van der Waals surface area contributed by atoms with Crippen molar-refractivity contribution in [2.24, 2.45) is 7.05 Å². The molecular formula is C20H14ClF3N4O3. The predicted molar refractivity (Wildman–Crippen MR) is 110 cm³/mol. The van der Waals surface area contributed by atoms with E-state index in [-0.39, 0.29) is 32.7 Å². The van der Waals surface area contributed by atoms with Gasteiger partial charge in [-0.2, -0.15) is 13.2 Å². The summed E-state index contributed by atoms with van der Waals surface area (Å²) in [5.74, 6) is -1.10. The van der Waals surface area contributed by atoms with Gasteiger partial charge in [-0.25, -0.2) is 9.36 Å². The van der Waals surface area contributed by atoms with Crippen molar-refractivity contribution in [2.75, 3.05) is 6.54 Å². The Hall–Kier alpha value is -3.53. The predicted octanol–water partition coefficient (Wildman–Crippen LogP) is 3.12. The highest BCUT2D eigenvalue weighted by Crippen LogP contribution is 2.30. The zero-order chi connectivity index (χ0) is 22.5. The molecule has 0 saturated heterocycles. The molecule has 0 saturated carbocycles. The highest BCUT2D eigenvalue weighted by molar-refractivity contribution is 6.31. The number of para-hydroxylation sites is 1. The van der Waals surface area contributed by atoms with Gasteiger partial charge in [0, 0.05) is 17.5 Å². The minimum atomic E-state index is -4.64. The minimum absolute atomic E-state index is 0.156. The Balaban J connectivity index is 2.07. The molecule has 7 nitrogen and oxygen atoms in total. The third kappa shape index (κ3) is 3.59. The lowest BCUT2D eigenvalue weighted by atomic mass is 10.2. The maximum Gasteiger partial charge on any atom is 0.405 e. The van der Waals surface area contributed by atoms with Gasteiger partial charge in [-0.05, 0) is 30.3 Å². The number of amides is 1. The number of fused-ring (bicyclic) bond motifs is 2. The molecule has 0 fully saturated rings. The Morgan fingerprint density at radius 3 is 2.55 bits per heavy atom. The molecule has 4 aromatic rings. The number of hydrogen-bond acceptors (Lipinski definition) is 3. The summed E-state index contributed by atoms with van der Waals surface area (Å²) in [6.07, 6.45) is -4.64. The Kier molecular flexibility index (Phi) is 4.89. The Labute approximate surface area is 176 Å². The number of nitrogens with zero attached hydrogens (tertiary/aromatic N) is 2. The summed E-state index contributed by atoms with van der Waals surface area (Å²) in [7, 11) is 1.45. The topological polar surface area (TPSA) is 88.9 Å². The first-order valence-electron chi connectivity index (χ1n) is 8.96. The van der Waals surface area contributed by atoms with Gasteiger partial charge in [-0.15, -0.1) is 0 Å². The van der Waals surface area contributed by atoms with Gasteiger partial charge < -0.3 is 14.9 Å². The van der Waals surface area contributed by atoms with E-state index in [4.69, 9.17) is 11.6 Å². The molecule has 2 aromatic heterocycles. The number of aromatic nitrogens is 3. The monoisotopic (exact) mass is 450 g/mol. The number of aromatic amines is 1. The molecule has 160 valence electrons. The summed E-state index contributed by atoms with van der Waals surface area (Å²) in [6.45, 7) is -1.57. The minimum Gasteiger partial charge on any atom is -0.342 e. The van der Waals surface area contributed by atoms with Crippen LogP contribution in [0.25, 0.3) is 27.5 Å². The Morgan fingerprint density at radius 1 is 1.13 bits per heavy atom. The van der Waals surface area contributed by atoms with E-state index in [0.29, 0.717) is 5.52 Å². The van der Waals surface area contributed by atoms with Crippen molar-refractivity contribution in [3.8, 4) is 5.69 Å². The van der Waals surface area contributed by atoms with Crippen LogP contribution in [-0.4, -0.2) is 32.7 Å². The molecule has 2 aromatic carbocycles. The van der Waals surface area contributed by atoms with Crippen molar-refractivity contribution in [2.45, 2.75) is 6.18 Å². The lowest BCUT2D eigenvalue weighted by Crippen LogP contribution is -2.38. The number of hydrogen-bond donors (Lipinski definition) is 2. The fourth-order valence-electron chi connectivity index (χ4n) is 3.51. The number of carbonyl (C=O) groups is 1. The molecule has 2 heterocycles. The fraction of sp³-hybridized carbons (Fsp3) is 0.150. The SMILES string of the molecule is Cn1c(C(=O)NCC(F)(F)F)c(-n2c(=O)[nH]c3ccccc3c2=O)c2cc(Cl)ccc21. The van der Waals surface area contributed by atoms with Crippen LogP contribution in [0.1, 0.15) is 10.5 Å². The molecule has 0 atom stereocenters. The summed E-state index contributed by atoms with van der Waals surface area (Å²) < 4.78 is 40.1. The lowest BCUT2D eigenvalue weighted by molar-refractivity contribution is -0.123. The Bertz CT molecular complexity index is 1470. The molecule has 0 bridgehead atoms. The molecule has 0 spiro atoms. The number of nitrogens with one attached hydrogen (secondary N) is 2. The summed E-state index contributed by atoms with van der Waals surface area (Å²) in [6, 6.07) is 10.8.